The molecule has 0 aliphatic carbocycles. The third-order valence-corrected chi connectivity index (χ3v) is 3.51. The minimum Gasteiger partial charge on any atom is -0.392 e. The zero-order chi connectivity index (χ0) is 14.5. The maximum absolute atomic E-state index is 13.0. The van der Waals surface area contributed by atoms with Crippen molar-refractivity contribution in [3.05, 3.63) is 52.8 Å². The fraction of sp³-hybridized carbons (Fsp3) is 0.400. The lowest BCUT2D eigenvalue weighted by Crippen LogP contribution is -2.17. The van der Waals surface area contributed by atoms with E-state index in [-0.39, 0.29) is 5.82 Å². The summed E-state index contributed by atoms with van der Waals surface area (Å²) in [6.07, 6.45) is 4.93. The van der Waals surface area contributed by atoms with E-state index >= 15 is 0 Å². The first-order valence-corrected chi connectivity index (χ1v) is 7.10. The fourth-order valence-corrected chi connectivity index (χ4v) is 2.44. The summed E-state index contributed by atoms with van der Waals surface area (Å²) < 4.78 is 15.0. The molecule has 20 heavy (non-hydrogen) atoms. The Bertz CT molecular complexity index is 571. The molecule has 0 amide bonds. The smallest absolute Gasteiger partial charge is 0.124 e. The molecule has 0 aliphatic heterocycles. The van der Waals surface area contributed by atoms with Crippen molar-refractivity contribution in [2.45, 2.75) is 38.8 Å². The molecule has 1 heterocycles. The van der Waals surface area contributed by atoms with Gasteiger partial charge in [0.1, 0.15) is 11.6 Å². The van der Waals surface area contributed by atoms with E-state index in [2.05, 4.69) is 11.9 Å². The number of hydrogen-bond acceptors (Lipinski definition) is 2. The Balaban J connectivity index is 2.01. The Morgan fingerprint density at radius 3 is 2.90 bits per heavy atom. The van der Waals surface area contributed by atoms with E-state index in [0.717, 1.165) is 24.4 Å². The molecule has 0 aliphatic rings. The number of imidazole rings is 1. The van der Waals surface area contributed by atoms with Crippen molar-refractivity contribution < 1.29 is 9.50 Å². The summed E-state index contributed by atoms with van der Waals surface area (Å²) >= 11 is 5.96. The van der Waals surface area contributed by atoms with Crippen LogP contribution in [0.25, 0.3) is 0 Å². The Morgan fingerprint density at radius 2 is 2.20 bits per heavy atom. The van der Waals surface area contributed by atoms with E-state index < -0.39 is 6.10 Å². The second-order valence-corrected chi connectivity index (χ2v) is 5.24. The van der Waals surface area contributed by atoms with Crippen molar-refractivity contribution >= 4 is 11.6 Å². The molecule has 2 aromatic rings. The number of halogens is 2. The van der Waals surface area contributed by atoms with E-state index in [1.165, 1.54) is 12.1 Å². The van der Waals surface area contributed by atoms with E-state index in [1.807, 2.05) is 10.8 Å². The van der Waals surface area contributed by atoms with E-state index in [1.54, 1.807) is 12.3 Å². The molecule has 0 radical (unpaired) electrons. The van der Waals surface area contributed by atoms with Crippen LogP contribution in [0.4, 0.5) is 4.39 Å². The van der Waals surface area contributed by atoms with E-state index in [9.17, 15) is 9.50 Å². The molecule has 0 spiro atoms. The van der Waals surface area contributed by atoms with Gasteiger partial charge in [-0.15, -0.1) is 0 Å². The molecule has 0 bridgehead atoms. The van der Waals surface area contributed by atoms with E-state index in [0.29, 0.717) is 17.9 Å². The van der Waals surface area contributed by atoms with Gasteiger partial charge in [0.25, 0.3) is 0 Å². The standard InChI is InChI=1S/C15H18ClFN2O/c1-2-6-19-7-5-18-15(19)10-13(20)8-11-3-4-12(17)9-14(11)16/h3-5,7,9,13,20H,2,6,8,10H2,1H3. The summed E-state index contributed by atoms with van der Waals surface area (Å²) in [5, 5.41) is 10.5. The van der Waals surface area contributed by atoms with Crippen LogP contribution in [-0.2, 0) is 19.4 Å². The van der Waals surface area contributed by atoms with Gasteiger partial charge in [0, 0.05) is 36.8 Å². The predicted molar refractivity (Wildman–Crippen MR) is 77.3 cm³/mol. The Morgan fingerprint density at radius 1 is 1.40 bits per heavy atom. The van der Waals surface area contributed by atoms with Crippen molar-refractivity contribution in [2.75, 3.05) is 0 Å². The SMILES string of the molecule is CCCn1ccnc1CC(O)Cc1ccc(F)cc1Cl. The molecule has 0 fully saturated rings. The molecule has 3 nitrogen and oxygen atoms in total. The molecule has 1 unspecified atom stereocenters. The highest BCUT2D eigenvalue weighted by Gasteiger charge is 2.13. The quantitative estimate of drug-likeness (QED) is 0.889. The van der Waals surface area contributed by atoms with Crippen molar-refractivity contribution in [1.29, 1.82) is 0 Å². The predicted octanol–water partition coefficient (Wildman–Crippen LogP) is 3.23. The first-order valence-electron chi connectivity index (χ1n) is 6.72. The van der Waals surface area contributed by atoms with Crippen molar-refractivity contribution in [2.24, 2.45) is 0 Å². The van der Waals surface area contributed by atoms with Gasteiger partial charge >= 0.3 is 0 Å². The number of nitrogens with zero attached hydrogens (tertiary/aromatic N) is 2. The summed E-state index contributed by atoms with van der Waals surface area (Å²) in [4.78, 5) is 4.26. The second kappa shape index (κ2) is 6.86. The summed E-state index contributed by atoms with van der Waals surface area (Å²) in [7, 11) is 0. The van der Waals surface area contributed by atoms with Gasteiger partial charge in [-0.05, 0) is 24.1 Å². The Hall–Kier alpha value is -1.39. The van der Waals surface area contributed by atoms with Gasteiger partial charge in [-0.25, -0.2) is 9.37 Å². The number of aromatic nitrogens is 2. The number of benzene rings is 1. The van der Waals surface area contributed by atoms with Crippen LogP contribution in [0.5, 0.6) is 0 Å². The highest BCUT2D eigenvalue weighted by atomic mass is 35.5. The second-order valence-electron chi connectivity index (χ2n) is 4.83. The summed E-state index contributed by atoms with van der Waals surface area (Å²) in [6, 6.07) is 4.23. The largest absolute Gasteiger partial charge is 0.392 e. The Kier molecular flexibility index (Phi) is 5.15. The van der Waals surface area contributed by atoms with Gasteiger partial charge < -0.3 is 9.67 Å². The summed E-state index contributed by atoms with van der Waals surface area (Å²) in [6.45, 7) is 2.98. The van der Waals surface area contributed by atoms with Crippen LogP contribution in [0.15, 0.2) is 30.6 Å². The highest BCUT2D eigenvalue weighted by Crippen LogP contribution is 2.19. The van der Waals surface area contributed by atoms with E-state index in [4.69, 9.17) is 11.6 Å². The zero-order valence-electron chi connectivity index (χ0n) is 11.4. The molecular formula is C15H18ClFN2O. The van der Waals surface area contributed by atoms with Gasteiger partial charge in [0.05, 0.1) is 6.10 Å². The number of aliphatic hydroxyl groups excluding tert-OH is 1. The molecule has 0 saturated carbocycles. The molecule has 2 rings (SSSR count). The maximum atomic E-state index is 13.0. The number of hydrogen-bond donors (Lipinski definition) is 1. The fourth-order valence-electron chi connectivity index (χ4n) is 2.20. The zero-order valence-corrected chi connectivity index (χ0v) is 12.1. The van der Waals surface area contributed by atoms with Crippen molar-refractivity contribution in [1.82, 2.24) is 9.55 Å². The lowest BCUT2D eigenvalue weighted by molar-refractivity contribution is 0.171. The van der Waals surface area contributed by atoms with Crippen molar-refractivity contribution in [3.63, 3.8) is 0 Å². The van der Waals surface area contributed by atoms with Crippen LogP contribution in [0.3, 0.4) is 0 Å². The molecule has 1 aromatic carbocycles. The third-order valence-electron chi connectivity index (χ3n) is 3.16. The van der Waals surface area contributed by atoms with Crippen LogP contribution < -0.4 is 0 Å². The monoisotopic (exact) mass is 296 g/mol. The minimum atomic E-state index is -0.587. The third kappa shape index (κ3) is 3.81. The normalized spacial score (nSPS) is 12.6. The topological polar surface area (TPSA) is 38.0 Å². The molecule has 1 aromatic heterocycles. The lowest BCUT2D eigenvalue weighted by Gasteiger charge is -2.13. The van der Waals surface area contributed by atoms with Crippen LogP contribution in [0.2, 0.25) is 5.02 Å². The molecule has 1 atom stereocenters. The molecule has 5 heteroatoms. The van der Waals surface area contributed by atoms with Gasteiger partial charge in [0.15, 0.2) is 0 Å². The van der Waals surface area contributed by atoms with Crippen LogP contribution in [0, 0.1) is 5.82 Å². The number of aryl methyl sites for hydroxylation is 1. The minimum absolute atomic E-state index is 0.348. The van der Waals surface area contributed by atoms with Gasteiger partial charge in [-0.1, -0.05) is 24.6 Å². The number of aliphatic hydroxyl groups is 1. The summed E-state index contributed by atoms with van der Waals surface area (Å²) in [5.41, 5.74) is 0.745. The lowest BCUT2D eigenvalue weighted by atomic mass is 10.1. The molecule has 0 saturated heterocycles. The molecule has 1 N–H and O–H groups in total. The van der Waals surface area contributed by atoms with Crippen molar-refractivity contribution in [3.8, 4) is 0 Å². The van der Waals surface area contributed by atoms with Crippen LogP contribution >= 0.6 is 11.6 Å². The van der Waals surface area contributed by atoms with Crippen LogP contribution in [-0.4, -0.2) is 20.8 Å². The Labute approximate surface area is 123 Å². The highest BCUT2D eigenvalue weighted by molar-refractivity contribution is 6.31. The number of rotatable bonds is 6. The molecule has 108 valence electrons. The van der Waals surface area contributed by atoms with Gasteiger partial charge in [-0.2, -0.15) is 0 Å². The van der Waals surface area contributed by atoms with Crippen LogP contribution in [0.1, 0.15) is 24.7 Å². The molecular weight excluding hydrogens is 279 g/mol. The average molecular weight is 297 g/mol. The maximum Gasteiger partial charge on any atom is 0.124 e. The average Bonchev–Trinajstić information content (AvgIpc) is 2.81. The van der Waals surface area contributed by atoms with Gasteiger partial charge in [0.2, 0.25) is 0 Å². The van der Waals surface area contributed by atoms with Gasteiger partial charge in [-0.3, -0.25) is 0 Å². The first-order chi connectivity index (χ1) is 9.60. The summed E-state index contributed by atoms with van der Waals surface area (Å²) in [5.74, 6) is 0.490. The first kappa shape index (κ1) is 15.0.